The zero-order chi connectivity index (χ0) is 14.6. The number of nitrogens with two attached hydrogens (primary N) is 1. The first-order chi connectivity index (χ1) is 10.1. The van der Waals surface area contributed by atoms with E-state index >= 15 is 0 Å². The average molecular weight is 344 g/mol. The maximum Gasteiger partial charge on any atom is 0.141 e. The minimum absolute atomic E-state index is 0.107. The van der Waals surface area contributed by atoms with Gasteiger partial charge in [0.1, 0.15) is 11.6 Å². The second-order valence-electron chi connectivity index (χ2n) is 5.44. The van der Waals surface area contributed by atoms with E-state index in [1.807, 2.05) is 18.2 Å². The number of phenols is 1. The van der Waals surface area contributed by atoms with Crippen LogP contribution in [0.4, 0.5) is 5.69 Å². The lowest BCUT2D eigenvalue weighted by atomic mass is 10.1. The number of nitrogen functional groups attached to an aromatic ring is 1. The summed E-state index contributed by atoms with van der Waals surface area (Å²) in [4.78, 5) is 4.77. The second kappa shape index (κ2) is 4.49. The van der Waals surface area contributed by atoms with Gasteiger partial charge in [-0.2, -0.15) is 0 Å². The Labute approximate surface area is 130 Å². The summed E-state index contributed by atoms with van der Waals surface area (Å²) in [5.74, 6) is 1.02. The number of hydrogen-bond donors (Lipinski definition) is 2. The molecule has 4 nitrogen and oxygen atoms in total. The van der Waals surface area contributed by atoms with Crippen molar-refractivity contribution in [1.82, 2.24) is 9.55 Å². The van der Waals surface area contributed by atoms with Crippen molar-refractivity contribution in [3.63, 3.8) is 0 Å². The molecule has 1 saturated carbocycles. The van der Waals surface area contributed by atoms with Crippen LogP contribution in [-0.2, 0) is 0 Å². The lowest BCUT2D eigenvalue weighted by Crippen LogP contribution is -1.98. The van der Waals surface area contributed by atoms with E-state index in [4.69, 9.17) is 10.7 Å². The molecule has 0 radical (unpaired) electrons. The molecular formula is C16H14BrN3O. The van der Waals surface area contributed by atoms with E-state index < -0.39 is 0 Å². The van der Waals surface area contributed by atoms with Gasteiger partial charge < -0.3 is 15.4 Å². The van der Waals surface area contributed by atoms with E-state index in [9.17, 15) is 5.11 Å². The van der Waals surface area contributed by atoms with Crippen LogP contribution in [0.25, 0.3) is 22.4 Å². The third-order valence-electron chi connectivity index (χ3n) is 3.85. The molecule has 21 heavy (non-hydrogen) atoms. The fraction of sp³-hybridized carbons (Fsp3) is 0.188. The zero-order valence-corrected chi connectivity index (χ0v) is 12.8. The van der Waals surface area contributed by atoms with Gasteiger partial charge in [-0.15, -0.1) is 0 Å². The number of hydrogen-bond acceptors (Lipinski definition) is 3. The number of anilines is 1. The maximum atomic E-state index is 9.60. The van der Waals surface area contributed by atoms with Crippen molar-refractivity contribution >= 4 is 32.7 Å². The van der Waals surface area contributed by atoms with Crippen LogP contribution in [0.2, 0.25) is 0 Å². The van der Waals surface area contributed by atoms with Crippen LogP contribution in [0.1, 0.15) is 18.9 Å². The van der Waals surface area contributed by atoms with E-state index in [2.05, 4.69) is 26.6 Å². The summed E-state index contributed by atoms with van der Waals surface area (Å²) in [6.45, 7) is 0. The zero-order valence-electron chi connectivity index (χ0n) is 11.3. The standard InChI is InChI=1S/C16H14BrN3O/c17-10-2-5-14-13(8-10)19-16(20(14)11-3-4-11)9-1-6-15(21)12(18)7-9/h1-2,5-8,11,21H,3-4,18H2. The highest BCUT2D eigenvalue weighted by atomic mass is 79.9. The van der Waals surface area contributed by atoms with Crippen LogP contribution in [0, 0.1) is 0 Å². The van der Waals surface area contributed by atoms with Crippen molar-refractivity contribution < 1.29 is 5.11 Å². The molecule has 0 amide bonds. The molecule has 0 unspecified atom stereocenters. The molecule has 1 heterocycles. The molecule has 3 aromatic rings. The number of halogens is 1. The number of rotatable bonds is 2. The van der Waals surface area contributed by atoms with E-state index in [0.717, 1.165) is 26.9 Å². The third-order valence-corrected chi connectivity index (χ3v) is 4.34. The first-order valence-corrected chi connectivity index (χ1v) is 7.69. The Balaban J connectivity index is 1.98. The molecule has 0 atom stereocenters. The van der Waals surface area contributed by atoms with Gasteiger partial charge in [0, 0.05) is 16.1 Å². The first-order valence-electron chi connectivity index (χ1n) is 6.90. The van der Waals surface area contributed by atoms with Crippen LogP contribution >= 0.6 is 15.9 Å². The predicted molar refractivity (Wildman–Crippen MR) is 87.2 cm³/mol. The number of benzene rings is 2. The Morgan fingerprint density at radius 3 is 2.71 bits per heavy atom. The number of aromatic hydroxyl groups is 1. The fourth-order valence-electron chi connectivity index (χ4n) is 2.67. The van der Waals surface area contributed by atoms with Gasteiger partial charge >= 0.3 is 0 Å². The van der Waals surface area contributed by atoms with E-state index in [1.54, 1.807) is 12.1 Å². The number of phenolic OH excluding ortho intramolecular Hbond substituents is 1. The molecule has 1 aromatic heterocycles. The van der Waals surface area contributed by atoms with Crippen molar-refractivity contribution in [3.8, 4) is 17.1 Å². The summed E-state index contributed by atoms with van der Waals surface area (Å²) in [6, 6.07) is 11.9. The Morgan fingerprint density at radius 1 is 1.19 bits per heavy atom. The molecule has 3 N–H and O–H groups in total. The highest BCUT2D eigenvalue weighted by Gasteiger charge is 2.28. The van der Waals surface area contributed by atoms with E-state index in [0.29, 0.717) is 11.7 Å². The fourth-order valence-corrected chi connectivity index (χ4v) is 3.02. The molecule has 1 aliphatic carbocycles. The molecule has 0 spiro atoms. The van der Waals surface area contributed by atoms with Gasteiger partial charge in [0.15, 0.2) is 0 Å². The smallest absolute Gasteiger partial charge is 0.141 e. The van der Waals surface area contributed by atoms with Crippen LogP contribution in [0.5, 0.6) is 5.75 Å². The van der Waals surface area contributed by atoms with Gasteiger partial charge in [-0.25, -0.2) is 4.98 Å². The van der Waals surface area contributed by atoms with Gasteiger partial charge in [0.05, 0.1) is 16.7 Å². The van der Waals surface area contributed by atoms with E-state index in [1.165, 1.54) is 12.8 Å². The van der Waals surface area contributed by atoms with Crippen LogP contribution in [-0.4, -0.2) is 14.7 Å². The topological polar surface area (TPSA) is 64.1 Å². The predicted octanol–water partition coefficient (Wildman–Crippen LogP) is 4.09. The molecule has 0 aliphatic heterocycles. The molecule has 0 bridgehead atoms. The normalized spacial score (nSPS) is 14.7. The van der Waals surface area contributed by atoms with Gasteiger partial charge in [0.25, 0.3) is 0 Å². The van der Waals surface area contributed by atoms with Crippen molar-refractivity contribution in [1.29, 1.82) is 0 Å². The highest BCUT2D eigenvalue weighted by molar-refractivity contribution is 9.10. The van der Waals surface area contributed by atoms with Crippen molar-refractivity contribution in [2.24, 2.45) is 0 Å². The van der Waals surface area contributed by atoms with Crippen molar-refractivity contribution in [2.45, 2.75) is 18.9 Å². The third kappa shape index (κ3) is 2.08. The maximum absolute atomic E-state index is 9.60. The number of nitrogens with zero attached hydrogens (tertiary/aromatic N) is 2. The summed E-state index contributed by atoms with van der Waals surface area (Å²) < 4.78 is 3.31. The summed E-state index contributed by atoms with van der Waals surface area (Å²) in [7, 11) is 0. The van der Waals surface area contributed by atoms with Crippen molar-refractivity contribution in [3.05, 3.63) is 40.9 Å². The molecule has 1 aliphatic rings. The summed E-state index contributed by atoms with van der Waals surface area (Å²) >= 11 is 3.49. The molecule has 5 heteroatoms. The average Bonchev–Trinajstić information content (AvgIpc) is 3.22. The van der Waals surface area contributed by atoms with E-state index in [-0.39, 0.29) is 5.75 Å². The second-order valence-corrected chi connectivity index (χ2v) is 6.36. The molecular weight excluding hydrogens is 330 g/mol. The monoisotopic (exact) mass is 343 g/mol. The Kier molecular flexibility index (Phi) is 2.72. The SMILES string of the molecule is Nc1cc(-c2nc3cc(Br)ccc3n2C2CC2)ccc1O. The van der Waals surface area contributed by atoms with Crippen LogP contribution in [0.3, 0.4) is 0 Å². The number of imidazole rings is 1. The molecule has 2 aromatic carbocycles. The largest absolute Gasteiger partial charge is 0.506 e. The molecule has 0 saturated heterocycles. The summed E-state index contributed by atoms with van der Waals surface area (Å²) in [6.07, 6.45) is 2.37. The lowest BCUT2D eigenvalue weighted by molar-refractivity contribution is 0.478. The molecule has 4 rings (SSSR count). The minimum atomic E-state index is 0.107. The molecule has 1 fully saturated rings. The Morgan fingerprint density at radius 2 is 2.00 bits per heavy atom. The lowest BCUT2D eigenvalue weighted by Gasteiger charge is -2.09. The number of aromatic nitrogens is 2. The van der Waals surface area contributed by atoms with Gasteiger partial charge in [-0.3, -0.25) is 0 Å². The summed E-state index contributed by atoms with van der Waals surface area (Å²) in [5.41, 5.74) is 9.25. The van der Waals surface area contributed by atoms with Gasteiger partial charge in [-0.1, -0.05) is 15.9 Å². The minimum Gasteiger partial charge on any atom is -0.506 e. The van der Waals surface area contributed by atoms with Gasteiger partial charge in [0.2, 0.25) is 0 Å². The molecule has 106 valence electrons. The Hall–Kier alpha value is -2.01. The summed E-state index contributed by atoms with van der Waals surface area (Å²) in [5, 5.41) is 9.60. The Bertz CT molecular complexity index is 852. The van der Waals surface area contributed by atoms with Crippen LogP contribution < -0.4 is 5.73 Å². The highest BCUT2D eigenvalue weighted by Crippen LogP contribution is 2.42. The van der Waals surface area contributed by atoms with Crippen LogP contribution in [0.15, 0.2) is 40.9 Å². The van der Waals surface area contributed by atoms with Crippen molar-refractivity contribution in [2.75, 3.05) is 5.73 Å². The first kappa shape index (κ1) is 12.7. The quantitative estimate of drug-likeness (QED) is 0.544. The van der Waals surface area contributed by atoms with Gasteiger partial charge in [-0.05, 0) is 49.2 Å². The number of fused-ring (bicyclic) bond motifs is 1.